The molecule has 3 unspecified atom stereocenters. The van der Waals surface area contributed by atoms with Crippen LogP contribution in [0, 0.1) is 0 Å². The van der Waals surface area contributed by atoms with Crippen LogP contribution < -0.4 is 4.90 Å². The molecule has 0 spiro atoms. The van der Waals surface area contributed by atoms with Crippen molar-refractivity contribution >= 4 is 28.8 Å². The minimum Gasteiger partial charge on any atom is -0.310 e. The lowest BCUT2D eigenvalue weighted by atomic mass is 9.66. The molecule has 1 aliphatic heterocycles. The van der Waals surface area contributed by atoms with Gasteiger partial charge in [0.25, 0.3) is 0 Å². The molecule has 56 heavy (non-hydrogen) atoms. The van der Waals surface area contributed by atoms with Crippen molar-refractivity contribution in [1.29, 1.82) is 0 Å². The molecule has 0 saturated carbocycles. The maximum Gasteiger partial charge on any atom is 0.0714 e. The first-order chi connectivity index (χ1) is 27.5. The molecule has 0 amide bonds. The minimum absolute atomic E-state index is 0.0535. The highest BCUT2D eigenvalue weighted by Gasteiger charge is 2.52. The first kappa shape index (κ1) is 33.5. The Morgan fingerprint density at radius 2 is 1.18 bits per heavy atom. The van der Waals surface area contributed by atoms with E-state index in [9.17, 15) is 0 Å². The number of allylic oxidation sites excluding steroid dienone is 3. The van der Waals surface area contributed by atoms with Crippen molar-refractivity contribution in [3.8, 4) is 22.3 Å². The number of hydrogen-bond acceptors (Lipinski definition) is 2. The van der Waals surface area contributed by atoms with E-state index in [1.807, 2.05) is 0 Å². The van der Waals surface area contributed by atoms with E-state index in [0.29, 0.717) is 5.92 Å². The van der Waals surface area contributed by atoms with Gasteiger partial charge in [-0.05, 0) is 98.5 Å². The van der Waals surface area contributed by atoms with Gasteiger partial charge >= 0.3 is 0 Å². The molecule has 0 fully saturated rings. The van der Waals surface area contributed by atoms with Crippen LogP contribution in [0.1, 0.15) is 72.1 Å². The van der Waals surface area contributed by atoms with Gasteiger partial charge in [-0.25, -0.2) is 0 Å². The second-order valence-corrected chi connectivity index (χ2v) is 17.7. The van der Waals surface area contributed by atoms with Gasteiger partial charge < -0.3 is 4.90 Å². The Balaban J connectivity index is 1.11. The fourth-order valence-electron chi connectivity index (χ4n) is 10.6. The van der Waals surface area contributed by atoms with Crippen LogP contribution in [0.3, 0.4) is 0 Å². The standard InChI is InChI=1S/C54H43NS/c1-4-53-33-17-16-25-45(53)44-31-32-47-50(51(44)56-53)43-24-14-15-26-46(43)54(47,36-18-8-5-9-19-36)37-27-29-41-42-30-28-40(35-49(42)52(2,3)48(41)34-37)55(38-20-10-6-11-21-38)39-22-12-7-13-23-39/h5-35,45H,4H2,1-3H3. The molecule has 7 aromatic carbocycles. The summed E-state index contributed by atoms with van der Waals surface area (Å²) in [7, 11) is 0. The number of fused-ring (bicyclic) bond motifs is 10. The van der Waals surface area contributed by atoms with Gasteiger partial charge in [-0.2, -0.15) is 0 Å². The third-order valence-electron chi connectivity index (χ3n) is 13.3. The number of hydrogen-bond donors (Lipinski definition) is 0. The predicted octanol–water partition coefficient (Wildman–Crippen LogP) is 14.3. The molecule has 0 N–H and O–H groups in total. The summed E-state index contributed by atoms with van der Waals surface area (Å²) in [6.07, 6.45) is 10.5. The largest absolute Gasteiger partial charge is 0.310 e. The molecule has 270 valence electrons. The van der Waals surface area contributed by atoms with E-state index in [4.69, 9.17) is 0 Å². The van der Waals surface area contributed by atoms with Crippen LogP contribution in [-0.4, -0.2) is 4.75 Å². The van der Waals surface area contributed by atoms with Crippen molar-refractivity contribution in [3.05, 3.63) is 227 Å². The van der Waals surface area contributed by atoms with Crippen molar-refractivity contribution in [3.63, 3.8) is 0 Å². The molecule has 0 radical (unpaired) electrons. The number of anilines is 3. The lowest BCUT2D eigenvalue weighted by Gasteiger charge is -2.35. The molecule has 2 heteroatoms. The molecular formula is C54H43NS. The average molecular weight is 738 g/mol. The molecule has 3 aliphatic carbocycles. The number of thioether (sulfide) groups is 1. The first-order valence-corrected chi connectivity index (χ1v) is 20.9. The van der Waals surface area contributed by atoms with E-state index in [-0.39, 0.29) is 10.2 Å². The van der Waals surface area contributed by atoms with Gasteiger partial charge in [-0.1, -0.05) is 172 Å². The zero-order valence-corrected chi connectivity index (χ0v) is 32.9. The van der Waals surface area contributed by atoms with Gasteiger partial charge in [0.05, 0.1) is 5.41 Å². The van der Waals surface area contributed by atoms with Crippen LogP contribution in [0.5, 0.6) is 0 Å². The summed E-state index contributed by atoms with van der Waals surface area (Å²) in [4.78, 5) is 3.83. The normalized spacial score (nSPS) is 21.4. The summed E-state index contributed by atoms with van der Waals surface area (Å²) in [6.45, 7) is 7.19. The van der Waals surface area contributed by atoms with Crippen molar-refractivity contribution in [2.75, 3.05) is 4.90 Å². The molecule has 11 rings (SSSR count). The molecular weight excluding hydrogens is 695 g/mol. The van der Waals surface area contributed by atoms with E-state index in [1.165, 1.54) is 71.8 Å². The van der Waals surface area contributed by atoms with Gasteiger partial charge in [-0.15, -0.1) is 11.8 Å². The lowest BCUT2D eigenvalue weighted by molar-refractivity contribution is 0.622. The first-order valence-electron chi connectivity index (χ1n) is 20.0. The van der Waals surface area contributed by atoms with E-state index in [0.717, 1.165) is 17.8 Å². The van der Waals surface area contributed by atoms with E-state index in [1.54, 1.807) is 0 Å². The maximum absolute atomic E-state index is 2.57. The Morgan fingerprint density at radius 1 is 0.536 bits per heavy atom. The zero-order valence-electron chi connectivity index (χ0n) is 32.0. The summed E-state index contributed by atoms with van der Waals surface area (Å²) in [5.41, 5.74) is 17.9. The van der Waals surface area contributed by atoms with Gasteiger partial charge in [0, 0.05) is 43.6 Å². The molecule has 7 aromatic rings. The van der Waals surface area contributed by atoms with Crippen molar-refractivity contribution in [2.24, 2.45) is 0 Å². The third-order valence-corrected chi connectivity index (χ3v) is 15.0. The van der Waals surface area contributed by atoms with Crippen molar-refractivity contribution in [2.45, 2.75) is 53.6 Å². The van der Waals surface area contributed by atoms with Crippen molar-refractivity contribution in [1.82, 2.24) is 0 Å². The highest BCUT2D eigenvalue weighted by molar-refractivity contribution is 8.01. The van der Waals surface area contributed by atoms with Crippen LogP contribution in [0.2, 0.25) is 0 Å². The highest BCUT2D eigenvalue weighted by Crippen LogP contribution is 2.66. The third kappa shape index (κ3) is 4.51. The van der Waals surface area contributed by atoms with Crippen LogP contribution in [0.25, 0.3) is 22.3 Å². The lowest BCUT2D eigenvalue weighted by Crippen LogP contribution is -2.29. The molecule has 4 aliphatic rings. The Kier molecular flexibility index (Phi) is 7.38. The number of rotatable bonds is 6. The summed E-state index contributed by atoms with van der Waals surface area (Å²) in [5, 5.41) is 0. The second kappa shape index (κ2) is 12.3. The summed E-state index contributed by atoms with van der Waals surface area (Å²) in [6, 6.07) is 61.5. The summed E-state index contributed by atoms with van der Waals surface area (Å²) in [5.74, 6) is 0.380. The van der Waals surface area contributed by atoms with Crippen LogP contribution in [0.4, 0.5) is 17.1 Å². The van der Waals surface area contributed by atoms with Crippen LogP contribution in [0.15, 0.2) is 193 Å². The van der Waals surface area contributed by atoms with Crippen molar-refractivity contribution < 1.29 is 0 Å². The molecule has 0 saturated heterocycles. The highest BCUT2D eigenvalue weighted by atomic mass is 32.2. The van der Waals surface area contributed by atoms with Gasteiger partial charge in [-0.3, -0.25) is 0 Å². The number of para-hydroxylation sites is 2. The Labute approximate surface area is 335 Å². The molecule has 0 aromatic heterocycles. The number of benzene rings is 7. The quantitative estimate of drug-likeness (QED) is 0.167. The van der Waals surface area contributed by atoms with E-state index >= 15 is 0 Å². The van der Waals surface area contributed by atoms with E-state index in [2.05, 4.69) is 226 Å². The van der Waals surface area contributed by atoms with E-state index < -0.39 is 5.41 Å². The second-order valence-electron chi connectivity index (χ2n) is 16.3. The van der Waals surface area contributed by atoms with Gasteiger partial charge in [0.15, 0.2) is 0 Å². The zero-order chi connectivity index (χ0) is 37.6. The average Bonchev–Trinajstić information content (AvgIpc) is 3.84. The van der Waals surface area contributed by atoms with Gasteiger partial charge in [0.2, 0.25) is 0 Å². The molecule has 3 atom stereocenters. The topological polar surface area (TPSA) is 3.24 Å². The summed E-state index contributed by atoms with van der Waals surface area (Å²) < 4.78 is 0.0535. The summed E-state index contributed by atoms with van der Waals surface area (Å²) >= 11 is 2.10. The monoisotopic (exact) mass is 737 g/mol. The Morgan fingerprint density at radius 3 is 1.89 bits per heavy atom. The molecule has 1 nitrogen and oxygen atoms in total. The molecule has 1 heterocycles. The fourth-order valence-corrected chi connectivity index (χ4v) is 12.2. The Bertz CT molecular complexity index is 2700. The Hall–Kier alpha value is -5.83. The smallest absolute Gasteiger partial charge is 0.0714 e. The fraction of sp³-hybridized carbons (Fsp3) is 0.148. The predicted molar refractivity (Wildman–Crippen MR) is 236 cm³/mol. The minimum atomic E-state index is -0.468. The van der Waals surface area contributed by atoms with Gasteiger partial charge in [0.1, 0.15) is 0 Å². The number of nitrogens with zero attached hydrogens (tertiary/aromatic N) is 1. The van der Waals surface area contributed by atoms with Crippen LogP contribution in [-0.2, 0) is 10.8 Å². The maximum atomic E-state index is 2.57. The molecule has 0 bridgehead atoms. The SMILES string of the molecule is CCC12C=CC=CC1c1ccc3c(c1S2)-c1ccccc1C3(c1ccccc1)c1ccc2c(c1)C(C)(C)c1cc(N(c3ccccc3)c3ccccc3)ccc1-2. The van der Waals surface area contributed by atoms with Crippen LogP contribution >= 0.6 is 11.8 Å².